The topological polar surface area (TPSA) is 58.2 Å². The Labute approximate surface area is 99.0 Å². The summed E-state index contributed by atoms with van der Waals surface area (Å²) in [6.45, 7) is 3.59. The largest absolute Gasteiger partial charge is 0.329 e. The van der Waals surface area contributed by atoms with Gasteiger partial charge in [0.25, 0.3) is 0 Å². The molecule has 0 heterocycles. The Morgan fingerprint density at radius 1 is 1.44 bits per heavy atom. The average Bonchev–Trinajstić information content (AvgIpc) is 2.22. The third-order valence-electron chi connectivity index (χ3n) is 1.98. The minimum Gasteiger partial charge on any atom is -0.329 e. The maximum atomic E-state index is 11.4. The van der Waals surface area contributed by atoms with Gasteiger partial charge in [0, 0.05) is 11.6 Å². The van der Waals surface area contributed by atoms with E-state index in [2.05, 4.69) is 10.6 Å². The molecule has 0 radical (unpaired) electrons. The number of benzene rings is 1. The number of carbonyl (C=O) groups is 2. The molecule has 0 saturated heterocycles. The highest BCUT2D eigenvalue weighted by atomic mass is 35.5. The number of hydrogen-bond acceptors (Lipinski definition) is 2. The smallest absolute Gasteiger partial charge is 0.226 e. The van der Waals surface area contributed by atoms with Crippen molar-refractivity contribution in [2.75, 3.05) is 10.6 Å². The van der Waals surface area contributed by atoms with Crippen LogP contribution >= 0.6 is 11.6 Å². The molecule has 0 aromatic heterocycles. The molecule has 2 amide bonds. The fraction of sp³-hybridized carbons (Fsp3) is 0.273. The van der Waals surface area contributed by atoms with Crippen LogP contribution in [0.5, 0.6) is 0 Å². The van der Waals surface area contributed by atoms with E-state index in [1.807, 2.05) is 0 Å². The summed E-state index contributed by atoms with van der Waals surface area (Å²) in [7, 11) is 0. The summed E-state index contributed by atoms with van der Waals surface area (Å²) in [5.41, 5.74) is 1.12. The number of amides is 2. The van der Waals surface area contributed by atoms with Crippen LogP contribution in [-0.4, -0.2) is 12.3 Å². The van der Waals surface area contributed by atoms with Crippen molar-refractivity contribution in [1.29, 1.82) is 0 Å². The number of carbonyl (C=O) groups excluding carboxylic acids is 2. The van der Waals surface area contributed by atoms with E-state index in [0.29, 0.717) is 22.8 Å². The Morgan fingerprint density at radius 3 is 2.62 bits per heavy atom. The van der Waals surface area contributed by atoms with Crippen LogP contribution in [0.3, 0.4) is 0 Å². The van der Waals surface area contributed by atoms with Crippen molar-refractivity contribution >= 4 is 35.3 Å². The molecule has 0 spiro atoms. The zero-order valence-electron chi connectivity index (χ0n) is 9.08. The van der Waals surface area contributed by atoms with Gasteiger partial charge in [-0.1, -0.05) is 25.4 Å². The van der Waals surface area contributed by atoms with Crippen molar-refractivity contribution in [3.63, 3.8) is 0 Å². The average molecular weight is 241 g/mol. The summed E-state index contributed by atoms with van der Waals surface area (Å²) < 4.78 is 0. The summed E-state index contributed by atoms with van der Waals surface area (Å²) in [6.07, 6.45) is 0.567. The van der Waals surface area contributed by atoms with Gasteiger partial charge in [-0.05, 0) is 18.2 Å². The molecule has 0 atom stereocenters. The lowest BCUT2D eigenvalue weighted by Crippen LogP contribution is -2.17. The summed E-state index contributed by atoms with van der Waals surface area (Å²) in [4.78, 5) is 21.6. The van der Waals surface area contributed by atoms with Crippen LogP contribution < -0.4 is 10.6 Å². The van der Waals surface area contributed by atoms with Gasteiger partial charge in [0.1, 0.15) is 0 Å². The van der Waals surface area contributed by atoms with Crippen LogP contribution in [-0.2, 0) is 9.59 Å². The van der Waals surface area contributed by atoms with E-state index in [4.69, 9.17) is 11.6 Å². The van der Waals surface area contributed by atoms with E-state index in [1.165, 1.54) is 0 Å². The molecule has 0 bridgehead atoms. The van der Waals surface area contributed by atoms with Crippen molar-refractivity contribution in [2.45, 2.75) is 13.8 Å². The molecule has 0 aliphatic heterocycles. The molecule has 1 rings (SSSR count). The van der Waals surface area contributed by atoms with Crippen LogP contribution in [0.4, 0.5) is 11.4 Å². The monoisotopic (exact) mass is 240 g/mol. The Hall–Kier alpha value is -1.55. The highest BCUT2D eigenvalue weighted by Crippen LogP contribution is 2.25. The van der Waals surface area contributed by atoms with E-state index in [0.717, 1.165) is 0 Å². The second-order valence-corrected chi connectivity index (χ2v) is 4.01. The number of halogens is 1. The van der Waals surface area contributed by atoms with Crippen LogP contribution in [0.25, 0.3) is 0 Å². The highest BCUT2D eigenvalue weighted by molar-refractivity contribution is 6.34. The molecular weight excluding hydrogens is 228 g/mol. The van der Waals surface area contributed by atoms with Crippen LogP contribution in [0.1, 0.15) is 13.8 Å². The van der Waals surface area contributed by atoms with E-state index in [1.54, 1.807) is 32.0 Å². The molecule has 1 aromatic carbocycles. The van der Waals surface area contributed by atoms with Crippen LogP contribution in [0, 0.1) is 5.92 Å². The number of anilines is 2. The summed E-state index contributed by atoms with van der Waals surface area (Å²) in [5.74, 6) is -0.207. The van der Waals surface area contributed by atoms with Gasteiger partial charge in [0.15, 0.2) is 0 Å². The van der Waals surface area contributed by atoms with Crippen molar-refractivity contribution in [2.24, 2.45) is 5.92 Å². The third-order valence-corrected chi connectivity index (χ3v) is 2.29. The fourth-order valence-electron chi connectivity index (χ4n) is 1.05. The van der Waals surface area contributed by atoms with Gasteiger partial charge in [-0.25, -0.2) is 0 Å². The molecule has 2 N–H and O–H groups in total. The van der Waals surface area contributed by atoms with Crippen molar-refractivity contribution < 1.29 is 9.59 Å². The number of hydrogen-bond donors (Lipinski definition) is 2. The Balaban J connectivity index is 2.82. The predicted molar refractivity (Wildman–Crippen MR) is 64.6 cm³/mol. The quantitative estimate of drug-likeness (QED) is 0.795. The molecule has 5 heteroatoms. The summed E-state index contributed by atoms with van der Waals surface area (Å²) >= 11 is 5.94. The molecular formula is C11H13ClN2O2. The van der Waals surface area contributed by atoms with Gasteiger partial charge in [-0.3, -0.25) is 9.59 Å². The van der Waals surface area contributed by atoms with E-state index >= 15 is 0 Å². The first-order chi connectivity index (χ1) is 7.54. The van der Waals surface area contributed by atoms with Crippen molar-refractivity contribution in [3.05, 3.63) is 23.2 Å². The maximum Gasteiger partial charge on any atom is 0.226 e. The van der Waals surface area contributed by atoms with Crippen molar-refractivity contribution in [3.8, 4) is 0 Å². The Morgan fingerprint density at radius 2 is 2.12 bits per heavy atom. The van der Waals surface area contributed by atoms with Gasteiger partial charge in [0.2, 0.25) is 12.3 Å². The highest BCUT2D eigenvalue weighted by Gasteiger charge is 2.09. The third kappa shape index (κ3) is 3.24. The zero-order valence-corrected chi connectivity index (χ0v) is 9.84. The molecule has 0 fully saturated rings. The van der Waals surface area contributed by atoms with E-state index < -0.39 is 0 Å². The predicted octanol–water partition coefficient (Wildman–Crippen LogP) is 2.50. The minimum atomic E-state index is -0.108. The van der Waals surface area contributed by atoms with Crippen LogP contribution in [0.2, 0.25) is 5.02 Å². The van der Waals surface area contributed by atoms with Crippen molar-refractivity contribution in [1.82, 2.24) is 0 Å². The van der Waals surface area contributed by atoms with Gasteiger partial charge in [-0.2, -0.15) is 0 Å². The molecule has 0 saturated carbocycles. The van der Waals surface area contributed by atoms with E-state index in [9.17, 15) is 9.59 Å². The lowest BCUT2D eigenvalue weighted by molar-refractivity contribution is -0.118. The zero-order chi connectivity index (χ0) is 12.1. The Bertz CT molecular complexity index is 405. The molecule has 0 aliphatic carbocycles. The van der Waals surface area contributed by atoms with Gasteiger partial charge in [-0.15, -0.1) is 0 Å². The number of rotatable bonds is 4. The molecule has 4 nitrogen and oxygen atoms in total. The molecule has 86 valence electrons. The second kappa shape index (κ2) is 5.51. The first-order valence-electron chi connectivity index (χ1n) is 4.85. The maximum absolute atomic E-state index is 11.4. The Kier molecular flexibility index (Phi) is 4.31. The minimum absolute atomic E-state index is 0.0991. The lowest BCUT2D eigenvalue weighted by atomic mass is 10.2. The van der Waals surface area contributed by atoms with E-state index in [-0.39, 0.29) is 11.8 Å². The first kappa shape index (κ1) is 12.5. The fourth-order valence-corrected chi connectivity index (χ4v) is 1.28. The summed E-state index contributed by atoms with van der Waals surface area (Å²) in [5, 5.41) is 5.56. The van der Waals surface area contributed by atoms with Gasteiger partial charge < -0.3 is 10.6 Å². The van der Waals surface area contributed by atoms with Gasteiger partial charge in [0.05, 0.1) is 10.7 Å². The normalized spacial score (nSPS) is 10.0. The molecule has 1 aromatic rings. The first-order valence-corrected chi connectivity index (χ1v) is 5.23. The van der Waals surface area contributed by atoms with Gasteiger partial charge >= 0.3 is 0 Å². The second-order valence-electron chi connectivity index (χ2n) is 3.60. The SMILES string of the molecule is CC(C)C(=O)Nc1ccc(NC=O)cc1Cl. The van der Waals surface area contributed by atoms with Crippen LogP contribution in [0.15, 0.2) is 18.2 Å². The standard InChI is InChI=1S/C11H13ClN2O2/c1-7(2)11(16)14-10-4-3-8(13-6-15)5-9(10)12/h3-7H,1-2H3,(H,13,15)(H,14,16). The lowest BCUT2D eigenvalue weighted by Gasteiger charge is -2.10. The molecule has 0 aliphatic rings. The molecule has 0 unspecified atom stereocenters. The summed E-state index contributed by atoms with van der Waals surface area (Å²) in [6, 6.07) is 4.89. The molecule has 16 heavy (non-hydrogen) atoms. The number of nitrogens with one attached hydrogen (secondary N) is 2.